The lowest BCUT2D eigenvalue weighted by atomic mass is 10.1. The van der Waals surface area contributed by atoms with Gasteiger partial charge in [-0.2, -0.15) is 0 Å². The number of unbranched alkanes of at least 4 members (excludes halogenated alkanes) is 5. The summed E-state index contributed by atoms with van der Waals surface area (Å²) in [6.07, 6.45) is 10.5. The molecule has 0 radical (unpaired) electrons. The second-order valence-corrected chi connectivity index (χ2v) is 13.3. The number of carbonyl (C=O) groups excluding carboxylic acids is 1. The van der Waals surface area contributed by atoms with E-state index in [0.29, 0.717) is 39.2 Å². The summed E-state index contributed by atoms with van der Waals surface area (Å²) in [4.78, 5) is 33.2. The third-order valence-electron chi connectivity index (χ3n) is 6.58. The van der Waals surface area contributed by atoms with Crippen LogP contribution in [0.2, 0.25) is 0 Å². The topological polar surface area (TPSA) is 101 Å². The molecular formula is C25H32N4O4S3. The van der Waals surface area contributed by atoms with E-state index < -0.39 is 15.9 Å². The van der Waals surface area contributed by atoms with Crippen molar-refractivity contribution in [3.8, 4) is 0 Å². The Kier molecular flexibility index (Phi) is 8.52. The van der Waals surface area contributed by atoms with Crippen molar-refractivity contribution in [1.82, 2.24) is 14.3 Å². The standard InChI is InChI=1S/C25H32N4O4S3/c1-3-4-5-6-7-8-12-26-21-19(23(30)28-13-9-10-17(2)22(28)27-21)15-20-24(31)29(25(34)35-20)18-11-14-36(32,33)16-18/h9-10,13,15,18,26H,3-8,11-12,14,16H2,1-2H3/b20-15-. The number of rotatable bonds is 10. The molecule has 2 aromatic heterocycles. The third kappa shape index (κ3) is 5.84. The first kappa shape index (κ1) is 26.8. The Labute approximate surface area is 221 Å². The highest BCUT2D eigenvalue weighted by Gasteiger charge is 2.42. The van der Waals surface area contributed by atoms with Gasteiger partial charge < -0.3 is 5.32 Å². The minimum absolute atomic E-state index is 0.0512. The molecule has 0 bridgehead atoms. The van der Waals surface area contributed by atoms with E-state index in [2.05, 4.69) is 12.2 Å². The monoisotopic (exact) mass is 548 g/mol. The average molecular weight is 549 g/mol. The van der Waals surface area contributed by atoms with Crippen LogP contribution in [0.1, 0.15) is 63.0 Å². The number of sulfone groups is 1. The maximum absolute atomic E-state index is 13.5. The number of fused-ring (bicyclic) bond motifs is 1. The summed E-state index contributed by atoms with van der Waals surface area (Å²) in [6.45, 7) is 4.76. The summed E-state index contributed by atoms with van der Waals surface area (Å²) < 4.78 is 25.7. The van der Waals surface area contributed by atoms with Crippen LogP contribution in [-0.2, 0) is 14.6 Å². The molecule has 2 aromatic rings. The number of hydrogen-bond acceptors (Lipinski definition) is 8. The lowest BCUT2D eigenvalue weighted by Crippen LogP contribution is -2.39. The Hall–Kier alpha value is -2.24. The minimum Gasteiger partial charge on any atom is -0.369 e. The highest BCUT2D eigenvalue weighted by atomic mass is 32.2. The first-order valence-electron chi connectivity index (χ1n) is 12.4. The summed E-state index contributed by atoms with van der Waals surface area (Å²) >= 11 is 6.53. The fourth-order valence-electron chi connectivity index (χ4n) is 4.59. The van der Waals surface area contributed by atoms with Gasteiger partial charge in [-0.15, -0.1) is 0 Å². The van der Waals surface area contributed by atoms with Gasteiger partial charge in [-0.1, -0.05) is 69.1 Å². The highest BCUT2D eigenvalue weighted by molar-refractivity contribution is 8.26. The number of carbonyl (C=O) groups is 1. The molecule has 36 heavy (non-hydrogen) atoms. The van der Waals surface area contributed by atoms with Gasteiger partial charge in [-0.25, -0.2) is 13.4 Å². The Morgan fingerprint density at radius 2 is 1.97 bits per heavy atom. The minimum atomic E-state index is -3.17. The molecule has 2 fully saturated rings. The van der Waals surface area contributed by atoms with E-state index >= 15 is 0 Å². The number of aromatic nitrogens is 2. The van der Waals surface area contributed by atoms with E-state index in [9.17, 15) is 18.0 Å². The fraction of sp³-hybridized carbons (Fsp3) is 0.520. The Bertz CT molecular complexity index is 1370. The van der Waals surface area contributed by atoms with Gasteiger partial charge in [0.1, 0.15) is 15.8 Å². The molecule has 4 rings (SSSR count). The van der Waals surface area contributed by atoms with Gasteiger partial charge in [0.05, 0.1) is 28.0 Å². The maximum atomic E-state index is 13.5. The number of amides is 1. The molecule has 4 heterocycles. The zero-order chi connectivity index (χ0) is 25.9. The number of thioether (sulfide) groups is 1. The van der Waals surface area contributed by atoms with Crippen molar-refractivity contribution in [2.24, 2.45) is 0 Å². The Balaban J connectivity index is 1.62. The van der Waals surface area contributed by atoms with Crippen LogP contribution in [0.3, 0.4) is 0 Å². The van der Waals surface area contributed by atoms with Crippen LogP contribution in [0.5, 0.6) is 0 Å². The predicted molar refractivity (Wildman–Crippen MR) is 150 cm³/mol. The van der Waals surface area contributed by atoms with Crippen LogP contribution in [0.25, 0.3) is 11.7 Å². The number of nitrogens with one attached hydrogen (secondary N) is 1. The first-order chi connectivity index (χ1) is 17.2. The number of anilines is 1. The van der Waals surface area contributed by atoms with Gasteiger partial charge in [0.15, 0.2) is 9.84 Å². The molecule has 2 aliphatic heterocycles. The maximum Gasteiger partial charge on any atom is 0.267 e. The van der Waals surface area contributed by atoms with Crippen molar-refractivity contribution in [3.05, 3.63) is 44.7 Å². The quantitative estimate of drug-likeness (QED) is 0.268. The van der Waals surface area contributed by atoms with E-state index in [1.54, 1.807) is 18.3 Å². The first-order valence-corrected chi connectivity index (χ1v) is 15.5. The summed E-state index contributed by atoms with van der Waals surface area (Å²) in [5, 5.41) is 3.33. The van der Waals surface area contributed by atoms with Crippen molar-refractivity contribution < 1.29 is 13.2 Å². The molecule has 0 aliphatic carbocycles. The average Bonchev–Trinajstić information content (AvgIpc) is 3.32. The van der Waals surface area contributed by atoms with Crippen LogP contribution in [0, 0.1) is 6.92 Å². The lowest BCUT2D eigenvalue weighted by Gasteiger charge is -2.20. The molecule has 0 spiro atoms. The third-order valence-corrected chi connectivity index (χ3v) is 9.66. The van der Waals surface area contributed by atoms with Crippen molar-refractivity contribution in [3.63, 3.8) is 0 Å². The van der Waals surface area contributed by atoms with E-state index in [-0.39, 0.29) is 23.0 Å². The normalized spacial score (nSPS) is 20.7. The van der Waals surface area contributed by atoms with E-state index in [1.165, 1.54) is 35.0 Å². The molecule has 2 saturated heterocycles. The lowest BCUT2D eigenvalue weighted by molar-refractivity contribution is -0.123. The van der Waals surface area contributed by atoms with Crippen molar-refractivity contribution in [1.29, 1.82) is 0 Å². The van der Waals surface area contributed by atoms with Crippen molar-refractivity contribution in [2.45, 2.75) is 64.8 Å². The molecule has 11 heteroatoms. The van der Waals surface area contributed by atoms with Gasteiger partial charge in [0.25, 0.3) is 11.5 Å². The van der Waals surface area contributed by atoms with Crippen LogP contribution in [-0.4, -0.2) is 57.0 Å². The van der Waals surface area contributed by atoms with Gasteiger partial charge in [0.2, 0.25) is 0 Å². The van der Waals surface area contributed by atoms with Gasteiger partial charge >= 0.3 is 0 Å². The number of aryl methyl sites for hydroxylation is 1. The van der Waals surface area contributed by atoms with Gasteiger partial charge in [-0.3, -0.25) is 18.9 Å². The highest BCUT2D eigenvalue weighted by Crippen LogP contribution is 2.36. The largest absolute Gasteiger partial charge is 0.369 e. The molecular weight excluding hydrogens is 517 g/mol. The zero-order valence-corrected chi connectivity index (χ0v) is 23.1. The van der Waals surface area contributed by atoms with Crippen LogP contribution in [0.4, 0.5) is 5.82 Å². The van der Waals surface area contributed by atoms with Crippen LogP contribution < -0.4 is 10.9 Å². The smallest absolute Gasteiger partial charge is 0.267 e. The van der Waals surface area contributed by atoms with Crippen molar-refractivity contribution in [2.75, 3.05) is 23.4 Å². The molecule has 0 aromatic carbocycles. The molecule has 1 atom stereocenters. The van der Waals surface area contributed by atoms with Gasteiger partial charge in [-0.05, 0) is 37.5 Å². The summed E-state index contributed by atoms with van der Waals surface area (Å²) in [5.41, 5.74) is 1.46. The summed E-state index contributed by atoms with van der Waals surface area (Å²) in [7, 11) is -3.17. The van der Waals surface area contributed by atoms with Crippen LogP contribution >= 0.6 is 24.0 Å². The molecule has 8 nitrogen and oxygen atoms in total. The molecule has 2 aliphatic rings. The van der Waals surface area contributed by atoms with E-state index in [0.717, 1.165) is 30.2 Å². The molecule has 194 valence electrons. The second kappa shape index (κ2) is 11.4. The van der Waals surface area contributed by atoms with E-state index in [1.807, 2.05) is 13.0 Å². The molecule has 1 N–H and O–H groups in total. The van der Waals surface area contributed by atoms with Gasteiger partial charge in [0, 0.05) is 12.7 Å². The number of pyridine rings is 1. The zero-order valence-electron chi connectivity index (χ0n) is 20.7. The SMILES string of the molecule is CCCCCCCCNc1nc2c(C)cccn2c(=O)c1/C=C1\SC(=S)N(C2CCS(=O)(=O)C2)C1=O. The second-order valence-electron chi connectivity index (χ2n) is 9.37. The molecule has 1 amide bonds. The summed E-state index contributed by atoms with van der Waals surface area (Å²) in [5.74, 6) is 0.0478. The fourth-order valence-corrected chi connectivity index (χ4v) is 7.68. The van der Waals surface area contributed by atoms with Crippen molar-refractivity contribution >= 4 is 61.6 Å². The van der Waals surface area contributed by atoms with E-state index in [4.69, 9.17) is 17.2 Å². The Morgan fingerprint density at radius 1 is 1.22 bits per heavy atom. The van der Waals surface area contributed by atoms with Crippen LogP contribution in [0.15, 0.2) is 28.0 Å². The Morgan fingerprint density at radius 3 is 2.69 bits per heavy atom. The predicted octanol–water partition coefficient (Wildman–Crippen LogP) is 4.16. The summed E-state index contributed by atoms with van der Waals surface area (Å²) in [6, 6.07) is 3.23. The molecule has 1 unspecified atom stereocenters. The number of nitrogens with zero attached hydrogens (tertiary/aromatic N) is 3. The number of thiocarbonyl (C=S) groups is 1. The number of hydrogen-bond donors (Lipinski definition) is 1. The molecule has 0 saturated carbocycles.